The molecule has 6 nitrogen and oxygen atoms in total. The number of aliphatic carboxylic acids is 1. The van der Waals surface area contributed by atoms with Crippen molar-refractivity contribution in [2.24, 2.45) is 5.41 Å². The fourth-order valence-corrected chi connectivity index (χ4v) is 1.22. The predicted molar refractivity (Wildman–Crippen MR) is 67.8 cm³/mol. The van der Waals surface area contributed by atoms with Crippen molar-refractivity contribution in [2.75, 3.05) is 18.5 Å². The number of carboxylic acid groups (broad SMARTS) is 1. The molecule has 0 atom stereocenters. The Morgan fingerprint density at radius 3 is 2.72 bits per heavy atom. The number of nitrogens with one attached hydrogen (secondary N) is 1. The Hall–Kier alpha value is -1.85. The molecule has 0 aromatic carbocycles. The van der Waals surface area contributed by atoms with Gasteiger partial charge >= 0.3 is 5.97 Å². The average molecular weight is 253 g/mol. The quantitative estimate of drug-likeness (QED) is 0.802. The van der Waals surface area contributed by atoms with Crippen molar-refractivity contribution in [1.29, 1.82) is 0 Å². The van der Waals surface area contributed by atoms with Crippen molar-refractivity contribution in [1.82, 2.24) is 9.97 Å². The fraction of sp³-hybridized carbons (Fsp3) is 0.583. The molecular weight excluding hydrogens is 234 g/mol. The number of carboxylic acids is 1. The first-order valence-electron chi connectivity index (χ1n) is 5.81. The van der Waals surface area contributed by atoms with E-state index in [2.05, 4.69) is 15.3 Å². The summed E-state index contributed by atoms with van der Waals surface area (Å²) in [5, 5.41) is 11.9. The van der Waals surface area contributed by atoms with Crippen LogP contribution in [0.5, 0.6) is 5.88 Å². The number of nitrogens with zero attached hydrogens (tertiary/aromatic N) is 2. The van der Waals surface area contributed by atoms with Crippen molar-refractivity contribution < 1.29 is 14.6 Å². The molecule has 0 unspecified atom stereocenters. The molecule has 0 bridgehead atoms. The molecule has 0 fully saturated rings. The third-order valence-corrected chi connectivity index (χ3v) is 2.39. The van der Waals surface area contributed by atoms with Crippen LogP contribution in [0.15, 0.2) is 6.07 Å². The lowest BCUT2D eigenvalue weighted by Gasteiger charge is -2.19. The van der Waals surface area contributed by atoms with Gasteiger partial charge in [0.2, 0.25) is 11.8 Å². The van der Waals surface area contributed by atoms with Gasteiger partial charge < -0.3 is 15.2 Å². The highest BCUT2D eigenvalue weighted by atomic mass is 16.5. The van der Waals surface area contributed by atoms with Gasteiger partial charge in [-0.05, 0) is 27.7 Å². The molecule has 0 spiro atoms. The summed E-state index contributed by atoms with van der Waals surface area (Å²) in [6, 6.07) is 1.73. The number of anilines is 1. The zero-order valence-electron chi connectivity index (χ0n) is 11.1. The second kappa shape index (κ2) is 5.66. The maximum atomic E-state index is 11.0. The van der Waals surface area contributed by atoms with Crippen LogP contribution in [0.25, 0.3) is 0 Å². The lowest BCUT2D eigenvalue weighted by Crippen LogP contribution is -2.32. The number of hydrogen-bond acceptors (Lipinski definition) is 5. The van der Waals surface area contributed by atoms with Crippen molar-refractivity contribution in [2.45, 2.75) is 27.7 Å². The lowest BCUT2D eigenvalue weighted by atomic mass is 9.94. The number of ether oxygens (including phenoxy) is 1. The number of rotatable bonds is 6. The first kappa shape index (κ1) is 14.2. The molecule has 0 aliphatic carbocycles. The molecule has 0 radical (unpaired) electrons. The molecule has 6 heteroatoms. The molecule has 0 amide bonds. The van der Waals surface area contributed by atoms with E-state index in [0.29, 0.717) is 18.4 Å². The molecule has 2 N–H and O–H groups in total. The Balaban J connectivity index is 2.76. The second-order valence-electron chi connectivity index (χ2n) is 4.65. The van der Waals surface area contributed by atoms with Crippen LogP contribution in [0.3, 0.4) is 0 Å². The topological polar surface area (TPSA) is 84.3 Å². The number of carbonyl (C=O) groups is 1. The largest absolute Gasteiger partial charge is 0.481 e. The minimum Gasteiger partial charge on any atom is -0.481 e. The zero-order chi connectivity index (χ0) is 13.8. The Bertz CT molecular complexity index is 433. The Morgan fingerprint density at radius 1 is 1.50 bits per heavy atom. The molecule has 0 aliphatic heterocycles. The molecule has 0 saturated heterocycles. The maximum absolute atomic E-state index is 11.0. The molecule has 18 heavy (non-hydrogen) atoms. The number of aryl methyl sites for hydroxylation is 1. The Morgan fingerprint density at radius 2 is 2.17 bits per heavy atom. The highest BCUT2D eigenvalue weighted by Crippen LogP contribution is 2.17. The summed E-state index contributed by atoms with van der Waals surface area (Å²) in [6.07, 6.45) is 0. The van der Waals surface area contributed by atoms with Crippen molar-refractivity contribution >= 4 is 11.9 Å². The van der Waals surface area contributed by atoms with Gasteiger partial charge in [0.1, 0.15) is 0 Å². The van der Waals surface area contributed by atoms with Crippen LogP contribution in [0.1, 0.15) is 26.5 Å². The van der Waals surface area contributed by atoms with E-state index >= 15 is 0 Å². The second-order valence-corrected chi connectivity index (χ2v) is 4.65. The summed E-state index contributed by atoms with van der Waals surface area (Å²) in [7, 11) is 0. The van der Waals surface area contributed by atoms with Crippen LogP contribution in [0, 0.1) is 12.3 Å². The van der Waals surface area contributed by atoms with Crippen molar-refractivity contribution in [3.8, 4) is 5.88 Å². The highest BCUT2D eigenvalue weighted by molar-refractivity contribution is 5.74. The molecule has 0 aliphatic rings. The van der Waals surface area contributed by atoms with Gasteiger partial charge in [-0.1, -0.05) is 0 Å². The van der Waals surface area contributed by atoms with Crippen LogP contribution < -0.4 is 10.1 Å². The van der Waals surface area contributed by atoms with E-state index in [4.69, 9.17) is 9.84 Å². The molecule has 1 aromatic heterocycles. The normalized spacial score (nSPS) is 11.1. The Kier molecular flexibility index (Phi) is 4.47. The van der Waals surface area contributed by atoms with Crippen molar-refractivity contribution in [3.05, 3.63) is 11.8 Å². The third-order valence-electron chi connectivity index (χ3n) is 2.39. The van der Waals surface area contributed by atoms with Crippen LogP contribution in [0.2, 0.25) is 0 Å². The van der Waals surface area contributed by atoms with Crippen LogP contribution in [0.4, 0.5) is 5.95 Å². The van der Waals surface area contributed by atoms with Gasteiger partial charge in [0, 0.05) is 18.3 Å². The number of hydrogen-bond donors (Lipinski definition) is 2. The SMILES string of the molecule is CCOc1cc(C)nc(NCC(C)(C)C(=O)O)n1. The van der Waals surface area contributed by atoms with Gasteiger partial charge in [-0.15, -0.1) is 0 Å². The van der Waals surface area contributed by atoms with Crippen LogP contribution in [-0.2, 0) is 4.79 Å². The van der Waals surface area contributed by atoms with Gasteiger partial charge in [0.25, 0.3) is 0 Å². The van der Waals surface area contributed by atoms with Gasteiger partial charge in [-0.25, -0.2) is 4.98 Å². The third kappa shape index (κ3) is 3.87. The summed E-state index contributed by atoms with van der Waals surface area (Å²) >= 11 is 0. The summed E-state index contributed by atoms with van der Waals surface area (Å²) in [6.45, 7) is 7.76. The molecule has 1 aromatic rings. The van der Waals surface area contributed by atoms with Gasteiger partial charge in [-0.2, -0.15) is 4.98 Å². The van der Waals surface area contributed by atoms with Crippen LogP contribution in [-0.4, -0.2) is 34.2 Å². The average Bonchev–Trinajstić information content (AvgIpc) is 2.26. The van der Waals surface area contributed by atoms with Gasteiger partial charge in [0.05, 0.1) is 12.0 Å². The summed E-state index contributed by atoms with van der Waals surface area (Å²) in [4.78, 5) is 19.3. The monoisotopic (exact) mass is 253 g/mol. The van der Waals surface area contributed by atoms with Crippen LogP contribution >= 0.6 is 0 Å². The molecular formula is C12H19N3O3. The van der Waals surface area contributed by atoms with E-state index in [1.54, 1.807) is 19.9 Å². The zero-order valence-corrected chi connectivity index (χ0v) is 11.1. The first-order chi connectivity index (χ1) is 8.35. The standard InChI is InChI=1S/C12H19N3O3/c1-5-18-9-6-8(2)14-11(15-9)13-7-12(3,4)10(16)17/h6H,5,7H2,1-4H3,(H,16,17)(H,13,14,15). The van der Waals surface area contributed by atoms with Crippen molar-refractivity contribution in [3.63, 3.8) is 0 Å². The van der Waals surface area contributed by atoms with E-state index in [1.807, 2.05) is 13.8 Å². The predicted octanol–water partition coefficient (Wildman–Crippen LogP) is 1.71. The van der Waals surface area contributed by atoms with Gasteiger partial charge in [-0.3, -0.25) is 4.79 Å². The highest BCUT2D eigenvalue weighted by Gasteiger charge is 2.27. The molecule has 100 valence electrons. The molecule has 1 heterocycles. The number of aromatic nitrogens is 2. The van der Waals surface area contributed by atoms with Gasteiger partial charge in [0.15, 0.2) is 0 Å². The van der Waals surface area contributed by atoms with E-state index < -0.39 is 11.4 Å². The van der Waals surface area contributed by atoms with E-state index in [0.717, 1.165) is 5.69 Å². The fourth-order valence-electron chi connectivity index (χ4n) is 1.22. The van der Waals surface area contributed by atoms with E-state index in [1.165, 1.54) is 0 Å². The Labute approximate surface area is 106 Å². The summed E-state index contributed by atoms with van der Waals surface area (Å²) in [5.74, 6) is 0.00101. The smallest absolute Gasteiger partial charge is 0.310 e. The van der Waals surface area contributed by atoms with E-state index in [9.17, 15) is 4.79 Å². The maximum Gasteiger partial charge on any atom is 0.310 e. The lowest BCUT2D eigenvalue weighted by molar-refractivity contribution is -0.146. The first-order valence-corrected chi connectivity index (χ1v) is 5.81. The summed E-state index contributed by atoms with van der Waals surface area (Å²) < 4.78 is 5.30. The molecule has 0 saturated carbocycles. The minimum atomic E-state index is -0.876. The minimum absolute atomic E-state index is 0.247. The summed E-state index contributed by atoms with van der Waals surface area (Å²) in [5.41, 5.74) is -0.108. The molecule has 1 rings (SSSR count). The van der Waals surface area contributed by atoms with E-state index in [-0.39, 0.29) is 6.54 Å².